The van der Waals surface area contributed by atoms with Gasteiger partial charge in [-0.15, -0.1) is 0 Å². The van der Waals surface area contributed by atoms with E-state index in [-0.39, 0.29) is 12.1 Å². The lowest BCUT2D eigenvalue weighted by molar-refractivity contribution is 0.236. The van der Waals surface area contributed by atoms with Crippen molar-refractivity contribution in [3.8, 4) is 5.75 Å². The summed E-state index contributed by atoms with van der Waals surface area (Å²) < 4.78 is 0. The second-order valence-electron chi connectivity index (χ2n) is 5.12. The van der Waals surface area contributed by atoms with Crippen molar-refractivity contribution in [1.82, 2.24) is 15.6 Å². The highest BCUT2D eigenvalue weighted by atomic mass is 16.3. The largest absolute Gasteiger partial charge is 0.508 e. The van der Waals surface area contributed by atoms with Crippen LogP contribution in [0, 0.1) is 0 Å². The van der Waals surface area contributed by atoms with Gasteiger partial charge in [0.15, 0.2) is 0 Å². The van der Waals surface area contributed by atoms with Crippen molar-refractivity contribution in [2.24, 2.45) is 0 Å². The van der Waals surface area contributed by atoms with E-state index in [0.29, 0.717) is 12.3 Å². The van der Waals surface area contributed by atoms with Gasteiger partial charge < -0.3 is 15.7 Å². The van der Waals surface area contributed by atoms with E-state index >= 15 is 0 Å². The smallest absolute Gasteiger partial charge is 0.315 e. The zero-order chi connectivity index (χ0) is 14.7. The number of hydrogen-bond acceptors (Lipinski definition) is 3. The molecule has 0 aliphatic heterocycles. The zero-order valence-corrected chi connectivity index (χ0v) is 11.5. The van der Waals surface area contributed by atoms with Gasteiger partial charge in [-0.1, -0.05) is 12.1 Å². The number of amides is 2. The maximum Gasteiger partial charge on any atom is 0.315 e. The minimum Gasteiger partial charge on any atom is -0.508 e. The molecule has 3 rings (SSSR count). The molecule has 5 heteroatoms. The number of urea groups is 1. The van der Waals surface area contributed by atoms with Crippen LogP contribution in [-0.2, 0) is 13.0 Å². The van der Waals surface area contributed by atoms with Gasteiger partial charge in [-0.2, -0.15) is 0 Å². The van der Waals surface area contributed by atoms with Crippen LogP contribution >= 0.6 is 0 Å². The highest BCUT2D eigenvalue weighted by Crippen LogP contribution is 2.36. The monoisotopic (exact) mass is 283 g/mol. The van der Waals surface area contributed by atoms with Gasteiger partial charge in [0, 0.05) is 18.9 Å². The van der Waals surface area contributed by atoms with Crippen LogP contribution in [0.1, 0.15) is 29.2 Å². The third-order valence-electron chi connectivity index (χ3n) is 3.75. The zero-order valence-electron chi connectivity index (χ0n) is 11.5. The standard InChI is InChI=1S/C16H17N3O2/c20-15-3-1-2-12-13(15)4-5-14(12)19-16(21)18-10-11-6-8-17-9-7-11/h1-3,6-9,14,20H,4-5,10H2,(H2,18,19,21)/t14-/m1/s1. The summed E-state index contributed by atoms with van der Waals surface area (Å²) in [4.78, 5) is 15.9. The molecule has 1 atom stereocenters. The maximum atomic E-state index is 12.0. The summed E-state index contributed by atoms with van der Waals surface area (Å²) in [6, 6.07) is 8.94. The van der Waals surface area contributed by atoms with Gasteiger partial charge in [0.05, 0.1) is 6.04 Å². The van der Waals surface area contributed by atoms with Crippen molar-refractivity contribution < 1.29 is 9.90 Å². The van der Waals surface area contributed by atoms with Crippen LogP contribution in [0.2, 0.25) is 0 Å². The van der Waals surface area contributed by atoms with Crippen molar-refractivity contribution in [2.45, 2.75) is 25.4 Å². The molecule has 21 heavy (non-hydrogen) atoms. The van der Waals surface area contributed by atoms with E-state index in [0.717, 1.165) is 29.5 Å². The second-order valence-corrected chi connectivity index (χ2v) is 5.12. The molecule has 0 radical (unpaired) electrons. The number of rotatable bonds is 3. The SMILES string of the molecule is O=C(NCc1ccncc1)N[C@@H]1CCc2c(O)cccc21. The average molecular weight is 283 g/mol. The Morgan fingerprint density at radius 3 is 2.90 bits per heavy atom. The molecule has 1 aromatic heterocycles. The molecule has 0 saturated heterocycles. The first-order chi connectivity index (χ1) is 10.2. The fourth-order valence-corrected chi connectivity index (χ4v) is 2.68. The molecule has 1 heterocycles. The van der Waals surface area contributed by atoms with Crippen LogP contribution in [0.15, 0.2) is 42.7 Å². The van der Waals surface area contributed by atoms with Crippen molar-refractivity contribution >= 4 is 6.03 Å². The molecule has 5 nitrogen and oxygen atoms in total. The van der Waals surface area contributed by atoms with E-state index in [1.54, 1.807) is 18.5 Å². The second kappa shape index (κ2) is 5.83. The van der Waals surface area contributed by atoms with E-state index in [2.05, 4.69) is 15.6 Å². The number of pyridine rings is 1. The van der Waals surface area contributed by atoms with Crippen LogP contribution in [-0.4, -0.2) is 16.1 Å². The number of fused-ring (bicyclic) bond motifs is 1. The summed E-state index contributed by atoms with van der Waals surface area (Å²) in [7, 11) is 0. The number of benzene rings is 1. The Labute approximate surface area is 123 Å². The number of nitrogens with zero attached hydrogens (tertiary/aromatic N) is 1. The lowest BCUT2D eigenvalue weighted by atomic mass is 10.1. The quantitative estimate of drug-likeness (QED) is 0.809. The van der Waals surface area contributed by atoms with Crippen LogP contribution < -0.4 is 10.6 Å². The summed E-state index contributed by atoms with van der Waals surface area (Å²) in [5.41, 5.74) is 2.95. The minimum atomic E-state index is -0.201. The first kappa shape index (κ1) is 13.4. The molecule has 1 aliphatic carbocycles. The minimum absolute atomic E-state index is 0.0375. The fourth-order valence-electron chi connectivity index (χ4n) is 2.68. The van der Waals surface area contributed by atoms with Gasteiger partial charge in [-0.25, -0.2) is 4.79 Å². The molecular formula is C16H17N3O2. The number of carbonyl (C=O) groups is 1. The van der Waals surface area contributed by atoms with Crippen molar-refractivity contribution in [3.63, 3.8) is 0 Å². The van der Waals surface area contributed by atoms with E-state index < -0.39 is 0 Å². The number of phenols is 1. The Kier molecular flexibility index (Phi) is 3.73. The first-order valence-electron chi connectivity index (χ1n) is 6.98. The summed E-state index contributed by atoms with van der Waals surface area (Å²) in [6.45, 7) is 0.466. The molecule has 0 fully saturated rings. The van der Waals surface area contributed by atoms with E-state index in [9.17, 15) is 9.90 Å². The molecule has 1 aliphatic rings. The Bertz CT molecular complexity index is 643. The Morgan fingerprint density at radius 1 is 1.29 bits per heavy atom. The molecule has 2 amide bonds. The van der Waals surface area contributed by atoms with Crippen LogP contribution in [0.25, 0.3) is 0 Å². The molecule has 0 saturated carbocycles. The summed E-state index contributed by atoms with van der Waals surface area (Å²) in [5.74, 6) is 0.314. The van der Waals surface area contributed by atoms with Gasteiger partial charge in [-0.05, 0) is 47.7 Å². The van der Waals surface area contributed by atoms with Crippen LogP contribution in [0.5, 0.6) is 5.75 Å². The van der Waals surface area contributed by atoms with Gasteiger partial charge in [-0.3, -0.25) is 4.98 Å². The van der Waals surface area contributed by atoms with Gasteiger partial charge >= 0.3 is 6.03 Å². The molecule has 3 N–H and O–H groups in total. The molecule has 1 aromatic carbocycles. The maximum absolute atomic E-state index is 12.0. The number of phenolic OH excluding ortho intramolecular Hbond substituents is 1. The lowest BCUT2D eigenvalue weighted by Crippen LogP contribution is -2.36. The lowest BCUT2D eigenvalue weighted by Gasteiger charge is -2.15. The average Bonchev–Trinajstić information content (AvgIpc) is 2.91. The summed E-state index contributed by atoms with van der Waals surface area (Å²) >= 11 is 0. The molecular weight excluding hydrogens is 266 g/mol. The molecule has 108 valence electrons. The van der Waals surface area contributed by atoms with Crippen LogP contribution in [0.3, 0.4) is 0 Å². The van der Waals surface area contributed by atoms with Gasteiger partial charge in [0.1, 0.15) is 5.75 Å². The number of aromatic nitrogens is 1. The van der Waals surface area contributed by atoms with E-state index in [1.165, 1.54) is 0 Å². The third-order valence-corrected chi connectivity index (χ3v) is 3.75. The Hall–Kier alpha value is -2.56. The van der Waals surface area contributed by atoms with Crippen molar-refractivity contribution in [1.29, 1.82) is 0 Å². The molecule has 2 aromatic rings. The molecule has 0 bridgehead atoms. The van der Waals surface area contributed by atoms with Crippen LogP contribution in [0.4, 0.5) is 4.79 Å². The van der Waals surface area contributed by atoms with Gasteiger partial charge in [0.25, 0.3) is 0 Å². The number of aromatic hydroxyl groups is 1. The number of nitrogens with one attached hydrogen (secondary N) is 2. The topological polar surface area (TPSA) is 74.2 Å². The highest BCUT2D eigenvalue weighted by molar-refractivity contribution is 5.74. The predicted molar refractivity (Wildman–Crippen MR) is 78.8 cm³/mol. The van der Waals surface area contributed by atoms with E-state index in [1.807, 2.05) is 24.3 Å². The van der Waals surface area contributed by atoms with Crippen molar-refractivity contribution in [3.05, 3.63) is 59.4 Å². The summed E-state index contributed by atoms with van der Waals surface area (Å²) in [6.07, 6.45) is 5.00. The molecule has 0 unspecified atom stereocenters. The Morgan fingerprint density at radius 2 is 2.10 bits per heavy atom. The Balaban J connectivity index is 1.59. The summed E-state index contributed by atoms with van der Waals surface area (Å²) in [5, 5.41) is 15.6. The fraction of sp³-hybridized carbons (Fsp3) is 0.250. The normalized spacial score (nSPS) is 16.3. The number of carbonyl (C=O) groups excluding carboxylic acids is 1. The van der Waals surface area contributed by atoms with E-state index in [4.69, 9.17) is 0 Å². The third kappa shape index (κ3) is 2.97. The van der Waals surface area contributed by atoms with Crippen molar-refractivity contribution in [2.75, 3.05) is 0 Å². The number of hydrogen-bond donors (Lipinski definition) is 3. The predicted octanol–water partition coefficient (Wildman–Crippen LogP) is 2.27. The first-order valence-corrected chi connectivity index (χ1v) is 6.98. The highest BCUT2D eigenvalue weighted by Gasteiger charge is 2.25. The molecule has 0 spiro atoms. The van der Waals surface area contributed by atoms with Gasteiger partial charge in [0.2, 0.25) is 0 Å².